The van der Waals surface area contributed by atoms with Crippen molar-refractivity contribution in [1.29, 1.82) is 0 Å². The van der Waals surface area contributed by atoms with Gasteiger partial charge < -0.3 is 15.1 Å². The number of carbonyl (C=O) groups is 2. The molecular weight excluding hydrogens is 258 g/mol. The number of carboxylic acids is 1. The SMILES string of the molecule is Cc1cnc(NC(=O)N2CC(O)CC2C(=O)O)s1. The summed E-state index contributed by atoms with van der Waals surface area (Å²) < 4.78 is 0. The molecule has 1 aromatic heterocycles. The van der Waals surface area contributed by atoms with Crippen LogP contribution in [-0.4, -0.2) is 50.8 Å². The minimum Gasteiger partial charge on any atom is -0.480 e. The lowest BCUT2D eigenvalue weighted by Gasteiger charge is -2.20. The second-order valence-electron chi connectivity index (χ2n) is 4.10. The fraction of sp³-hybridized carbons (Fsp3) is 0.500. The highest BCUT2D eigenvalue weighted by Crippen LogP contribution is 2.21. The van der Waals surface area contributed by atoms with Crippen LogP contribution in [0.25, 0.3) is 0 Å². The van der Waals surface area contributed by atoms with Crippen molar-refractivity contribution in [3.05, 3.63) is 11.1 Å². The third kappa shape index (κ3) is 2.59. The second kappa shape index (κ2) is 4.91. The Hall–Kier alpha value is -1.67. The van der Waals surface area contributed by atoms with Gasteiger partial charge in [0.25, 0.3) is 0 Å². The number of β-amino-alcohol motifs (C(OH)–C–C–N with tert-alkyl or cyclic N) is 1. The molecule has 0 aliphatic carbocycles. The Bertz CT molecular complexity index is 475. The number of carbonyl (C=O) groups excluding carboxylic acids is 1. The van der Waals surface area contributed by atoms with Crippen molar-refractivity contribution in [3.63, 3.8) is 0 Å². The summed E-state index contributed by atoms with van der Waals surface area (Å²) in [5, 5.41) is 21.4. The summed E-state index contributed by atoms with van der Waals surface area (Å²) >= 11 is 1.31. The Morgan fingerprint density at radius 2 is 2.33 bits per heavy atom. The number of aryl methyl sites for hydroxylation is 1. The molecule has 1 saturated heterocycles. The first-order valence-corrected chi connectivity index (χ1v) is 6.20. The maximum absolute atomic E-state index is 11.9. The monoisotopic (exact) mass is 271 g/mol. The molecule has 1 aromatic rings. The van der Waals surface area contributed by atoms with Gasteiger partial charge in [-0.1, -0.05) is 0 Å². The number of hydrogen-bond acceptors (Lipinski definition) is 5. The summed E-state index contributed by atoms with van der Waals surface area (Å²) in [5.41, 5.74) is 0. The quantitative estimate of drug-likeness (QED) is 0.727. The highest BCUT2D eigenvalue weighted by atomic mass is 32.1. The molecule has 2 unspecified atom stereocenters. The van der Waals surface area contributed by atoms with Crippen LogP contribution >= 0.6 is 11.3 Å². The third-order valence-corrected chi connectivity index (χ3v) is 3.49. The summed E-state index contributed by atoms with van der Waals surface area (Å²) in [6, 6.07) is -1.53. The average molecular weight is 271 g/mol. The molecule has 0 bridgehead atoms. The minimum atomic E-state index is -1.11. The van der Waals surface area contributed by atoms with Crippen molar-refractivity contribution >= 4 is 28.5 Å². The van der Waals surface area contributed by atoms with Crippen LogP contribution in [0.4, 0.5) is 9.93 Å². The Kier molecular flexibility index (Phi) is 3.48. The molecule has 2 rings (SSSR count). The molecule has 2 amide bonds. The summed E-state index contributed by atoms with van der Waals surface area (Å²) in [5.74, 6) is -1.11. The number of aliphatic hydroxyl groups is 1. The molecule has 2 atom stereocenters. The van der Waals surface area contributed by atoms with Crippen LogP contribution in [0.2, 0.25) is 0 Å². The van der Waals surface area contributed by atoms with E-state index in [1.54, 1.807) is 6.20 Å². The first kappa shape index (κ1) is 12.8. The molecule has 0 radical (unpaired) electrons. The molecule has 3 N–H and O–H groups in total. The van der Waals surface area contributed by atoms with Gasteiger partial charge in [0.2, 0.25) is 0 Å². The number of nitrogens with zero attached hydrogens (tertiary/aromatic N) is 2. The summed E-state index contributed by atoms with van der Waals surface area (Å²) in [7, 11) is 0. The van der Waals surface area contributed by atoms with E-state index in [0.717, 1.165) is 9.78 Å². The van der Waals surface area contributed by atoms with Gasteiger partial charge in [-0.15, -0.1) is 11.3 Å². The summed E-state index contributed by atoms with van der Waals surface area (Å²) in [6.45, 7) is 1.88. The highest BCUT2D eigenvalue weighted by Gasteiger charge is 2.39. The maximum Gasteiger partial charge on any atom is 0.326 e. The molecule has 0 aromatic carbocycles. The van der Waals surface area contributed by atoms with Gasteiger partial charge >= 0.3 is 12.0 Å². The molecule has 0 saturated carbocycles. The zero-order chi connectivity index (χ0) is 13.3. The standard InChI is InChI=1S/C10H13N3O4S/c1-5-3-11-9(18-5)12-10(17)13-4-6(14)2-7(13)8(15)16/h3,6-7,14H,2,4H2,1H3,(H,15,16)(H,11,12,17). The van der Waals surface area contributed by atoms with E-state index in [-0.39, 0.29) is 13.0 Å². The zero-order valence-corrected chi connectivity index (χ0v) is 10.5. The molecule has 8 heteroatoms. The fourth-order valence-electron chi connectivity index (χ4n) is 1.85. The topological polar surface area (TPSA) is 103 Å². The molecule has 0 spiro atoms. The van der Waals surface area contributed by atoms with Crippen LogP contribution in [-0.2, 0) is 4.79 Å². The molecule has 98 valence electrons. The second-order valence-corrected chi connectivity index (χ2v) is 5.34. The number of hydrogen-bond donors (Lipinski definition) is 3. The lowest BCUT2D eigenvalue weighted by atomic mass is 10.2. The van der Waals surface area contributed by atoms with Crippen molar-refractivity contribution in [2.75, 3.05) is 11.9 Å². The third-order valence-electron chi connectivity index (χ3n) is 2.66. The van der Waals surface area contributed by atoms with E-state index < -0.39 is 24.1 Å². The molecular formula is C10H13N3O4S. The molecule has 18 heavy (non-hydrogen) atoms. The zero-order valence-electron chi connectivity index (χ0n) is 9.66. The van der Waals surface area contributed by atoms with E-state index >= 15 is 0 Å². The molecule has 1 fully saturated rings. The van der Waals surface area contributed by atoms with Crippen LogP contribution in [0.15, 0.2) is 6.20 Å². The number of amides is 2. The van der Waals surface area contributed by atoms with Crippen LogP contribution < -0.4 is 5.32 Å². The first-order chi connectivity index (χ1) is 8.47. The van der Waals surface area contributed by atoms with Gasteiger partial charge in [-0.2, -0.15) is 0 Å². The van der Waals surface area contributed by atoms with E-state index in [1.807, 2.05) is 6.92 Å². The number of nitrogens with one attached hydrogen (secondary N) is 1. The Morgan fingerprint density at radius 3 is 2.89 bits per heavy atom. The number of aromatic nitrogens is 1. The largest absolute Gasteiger partial charge is 0.480 e. The van der Waals surface area contributed by atoms with Crippen molar-refractivity contribution in [2.45, 2.75) is 25.5 Å². The first-order valence-electron chi connectivity index (χ1n) is 5.38. The number of urea groups is 1. The predicted octanol–water partition coefficient (Wildman–Crippen LogP) is 0.503. The van der Waals surface area contributed by atoms with Crippen molar-refractivity contribution in [2.24, 2.45) is 0 Å². The number of rotatable bonds is 2. The van der Waals surface area contributed by atoms with Crippen LogP contribution in [0.5, 0.6) is 0 Å². The number of likely N-dealkylation sites (tertiary alicyclic amines) is 1. The minimum absolute atomic E-state index is 0.0210. The molecule has 7 nitrogen and oxygen atoms in total. The number of anilines is 1. The van der Waals surface area contributed by atoms with Crippen molar-refractivity contribution < 1.29 is 19.8 Å². The van der Waals surface area contributed by atoms with Gasteiger partial charge in [-0.3, -0.25) is 5.32 Å². The fourth-order valence-corrected chi connectivity index (χ4v) is 2.50. The predicted molar refractivity (Wildman–Crippen MR) is 64.6 cm³/mol. The number of aliphatic hydroxyl groups excluding tert-OH is 1. The summed E-state index contributed by atoms with van der Waals surface area (Å²) in [4.78, 5) is 28.9. The van der Waals surface area contributed by atoms with Gasteiger partial charge in [0, 0.05) is 24.0 Å². The van der Waals surface area contributed by atoms with Crippen LogP contribution in [0.1, 0.15) is 11.3 Å². The van der Waals surface area contributed by atoms with E-state index in [1.165, 1.54) is 11.3 Å². The van der Waals surface area contributed by atoms with Gasteiger partial charge in [0.05, 0.1) is 6.10 Å². The van der Waals surface area contributed by atoms with E-state index in [0.29, 0.717) is 5.13 Å². The maximum atomic E-state index is 11.9. The van der Waals surface area contributed by atoms with Gasteiger partial charge in [0.15, 0.2) is 5.13 Å². The normalized spacial score (nSPS) is 23.1. The Labute approximate surface area is 107 Å². The molecule has 2 heterocycles. The van der Waals surface area contributed by atoms with Crippen LogP contribution in [0.3, 0.4) is 0 Å². The van der Waals surface area contributed by atoms with Gasteiger partial charge in [-0.25, -0.2) is 14.6 Å². The lowest BCUT2D eigenvalue weighted by molar-refractivity contribution is -0.141. The van der Waals surface area contributed by atoms with Gasteiger partial charge in [-0.05, 0) is 6.92 Å². The summed E-state index contributed by atoms with van der Waals surface area (Å²) in [6.07, 6.45) is 0.878. The van der Waals surface area contributed by atoms with Crippen molar-refractivity contribution in [1.82, 2.24) is 9.88 Å². The Morgan fingerprint density at radius 1 is 1.61 bits per heavy atom. The lowest BCUT2D eigenvalue weighted by Crippen LogP contribution is -2.43. The van der Waals surface area contributed by atoms with Crippen LogP contribution in [0, 0.1) is 6.92 Å². The molecule has 1 aliphatic heterocycles. The number of aliphatic carboxylic acids is 1. The van der Waals surface area contributed by atoms with Gasteiger partial charge in [0.1, 0.15) is 6.04 Å². The van der Waals surface area contributed by atoms with E-state index in [4.69, 9.17) is 5.11 Å². The number of carboxylic acid groups (broad SMARTS) is 1. The number of thiazole rings is 1. The van der Waals surface area contributed by atoms with E-state index in [9.17, 15) is 14.7 Å². The van der Waals surface area contributed by atoms with E-state index in [2.05, 4.69) is 10.3 Å². The molecule has 1 aliphatic rings. The highest BCUT2D eigenvalue weighted by molar-refractivity contribution is 7.15. The van der Waals surface area contributed by atoms with Crippen molar-refractivity contribution in [3.8, 4) is 0 Å². The Balaban J connectivity index is 2.06. The smallest absolute Gasteiger partial charge is 0.326 e. The average Bonchev–Trinajstić information content (AvgIpc) is 2.85.